The van der Waals surface area contributed by atoms with E-state index in [9.17, 15) is 15.2 Å². The fourth-order valence-corrected chi connectivity index (χ4v) is 1.45. The molecule has 0 aliphatic heterocycles. The van der Waals surface area contributed by atoms with Gasteiger partial charge in [-0.25, -0.2) is 0 Å². The summed E-state index contributed by atoms with van der Waals surface area (Å²) in [5.74, 6) is -0.192. The third-order valence-electron chi connectivity index (χ3n) is 2.38. The predicted molar refractivity (Wildman–Crippen MR) is 62.7 cm³/mol. The largest absolute Gasteiger partial charge is 0.505 e. The maximum atomic E-state index is 10.5. The Labute approximate surface area is 102 Å². The van der Waals surface area contributed by atoms with E-state index in [1.165, 1.54) is 24.4 Å². The Balaban J connectivity index is 2.43. The van der Waals surface area contributed by atoms with Gasteiger partial charge in [0.15, 0.2) is 5.75 Å². The number of aromatic hydroxyl groups is 1. The summed E-state index contributed by atoms with van der Waals surface area (Å²) in [7, 11) is 0. The van der Waals surface area contributed by atoms with Crippen LogP contribution >= 0.6 is 0 Å². The van der Waals surface area contributed by atoms with Crippen LogP contribution in [0.1, 0.15) is 5.56 Å². The molecule has 0 aliphatic rings. The zero-order valence-corrected chi connectivity index (χ0v) is 9.07. The van der Waals surface area contributed by atoms with Crippen molar-refractivity contribution in [3.05, 3.63) is 52.2 Å². The average molecular weight is 241 g/mol. The quantitative estimate of drug-likeness (QED) is 0.641. The summed E-state index contributed by atoms with van der Waals surface area (Å²) in [6.07, 6.45) is 1.18. The molecule has 0 atom stereocenters. The van der Waals surface area contributed by atoms with Crippen LogP contribution in [-0.2, 0) is 0 Å². The highest BCUT2D eigenvalue weighted by atomic mass is 16.6. The van der Waals surface area contributed by atoms with Gasteiger partial charge in [0, 0.05) is 17.7 Å². The van der Waals surface area contributed by atoms with E-state index < -0.39 is 4.92 Å². The van der Waals surface area contributed by atoms with Gasteiger partial charge in [-0.1, -0.05) is 0 Å². The molecule has 1 heterocycles. The van der Waals surface area contributed by atoms with Crippen LogP contribution < -0.4 is 0 Å². The number of hydrogen-bond acceptors (Lipinski definition) is 5. The zero-order valence-electron chi connectivity index (χ0n) is 9.07. The molecule has 0 aliphatic carbocycles. The lowest BCUT2D eigenvalue weighted by Gasteiger charge is -2.02. The molecule has 0 radical (unpaired) electrons. The van der Waals surface area contributed by atoms with Gasteiger partial charge in [-0.15, -0.1) is 0 Å². The van der Waals surface area contributed by atoms with E-state index in [0.717, 1.165) is 0 Å². The molecule has 18 heavy (non-hydrogen) atoms. The number of aromatic nitrogens is 1. The van der Waals surface area contributed by atoms with E-state index in [0.29, 0.717) is 11.3 Å². The van der Waals surface area contributed by atoms with Crippen LogP contribution in [-0.4, -0.2) is 15.0 Å². The molecule has 1 N–H and O–H groups in total. The van der Waals surface area contributed by atoms with Gasteiger partial charge in [-0.2, -0.15) is 5.26 Å². The molecule has 0 bridgehead atoms. The number of nitro benzene ring substituents is 1. The molecule has 88 valence electrons. The van der Waals surface area contributed by atoms with Gasteiger partial charge >= 0.3 is 0 Å². The van der Waals surface area contributed by atoms with Crippen LogP contribution in [0.2, 0.25) is 0 Å². The molecule has 0 spiro atoms. The van der Waals surface area contributed by atoms with Gasteiger partial charge in [-0.3, -0.25) is 15.1 Å². The van der Waals surface area contributed by atoms with E-state index in [1.807, 2.05) is 6.07 Å². The average Bonchev–Trinajstić information content (AvgIpc) is 2.39. The maximum Gasteiger partial charge on any atom is 0.269 e. The number of nitrogens with zero attached hydrogens (tertiary/aromatic N) is 3. The summed E-state index contributed by atoms with van der Waals surface area (Å²) in [6.45, 7) is 0. The molecule has 6 nitrogen and oxygen atoms in total. The van der Waals surface area contributed by atoms with Crippen molar-refractivity contribution in [2.24, 2.45) is 0 Å². The van der Waals surface area contributed by atoms with Crippen molar-refractivity contribution in [2.45, 2.75) is 0 Å². The second kappa shape index (κ2) is 4.51. The summed E-state index contributed by atoms with van der Waals surface area (Å²) in [4.78, 5) is 14.0. The minimum atomic E-state index is -0.491. The molecule has 0 unspecified atom stereocenters. The van der Waals surface area contributed by atoms with Crippen molar-refractivity contribution < 1.29 is 10.0 Å². The summed E-state index contributed by atoms with van der Waals surface area (Å²) in [5, 5.41) is 28.6. The Morgan fingerprint density at radius 1 is 1.33 bits per heavy atom. The molecule has 0 saturated carbocycles. The summed E-state index contributed by atoms with van der Waals surface area (Å²) < 4.78 is 0. The SMILES string of the molecule is N#Cc1cc(-c2ccc([N+](=O)[O-])cc2)ncc1O. The van der Waals surface area contributed by atoms with Gasteiger partial charge in [0.05, 0.1) is 22.4 Å². The van der Waals surface area contributed by atoms with Crippen molar-refractivity contribution in [3.63, 3.8) is 0 Å². The topological polar surface area (TPSA) is 100 Å². The Morgan fingerprint density at radius 3 is 2.56 bits per heavy atom. The van der Waals surface area contributed by atoms with Crippen LogP contribution in [0, 0.1) is 21.4 Å². The van der Waals surface area contributed by atoms with Crippen molar-refractivity contribution in [3.8, 4) is 23.1 Å². The molecular formula is C12H7N3O3. The molecule has 6 heteroatoms. The highest BCUT2D eigenvalue weighted by molar-refractivity contribution is 5.63. The van der Waals surface area contributed by atoms with Crippen LogP contribution in [0.3, 0.4) is 0 Å². The van der Waals surface area contributed by atoms with Crippen molar-refractivity contribution in [1.29, 1.82) is 5.26 Å². The summed E-state index contributed by atoms with van der Waals surface area (Å²) >= 11 is 0. The lowest BCUT2D eigenvalue weighted by atomic mass is 10.1. The normalized spacial score (nSPS) is 9.72. The minimum absolute atomic E-state index is 0.0157. The Bertz CT molecular complexity index is 645. The van der Waals surface area contributed by atoms with Crippen LogP contribution in [0.25, 0.3) is 11.3 Å². The van der Waals surface area contributed by atoms with E-state index >= 15 is 0 Å². The first-order valence-electron chi connectivity index (χ1n) is 4.96. The lowest BCUT2D eigenvalue weighted by molar-refractivity contribution is -0.384. The Hall–Kier alpha value is -2.94. The van der Waals surface area contributed by atoms with Crippen molar-refractivity contribution in [2.75, 3.05) is 0 Å². The number of hydrogen-bond donors (Lipinski definition) is 1. The fourth-order valence-electron chi connectivity index (χ4n) is 1.45. The maximum absolute atomic E-state index is 10.5. The number of benzene rings is 1. The zero-order chi connectivity index (χ0) is 13.1. The highest BCUT2D eigenvalue weighted by Crippen LogP contribution is 2.24. The molecule has 2 aromatic rings. The monoisotopic (exact) mass is 241 g/mol. The van der Waals surface area contributed by atoms with Crippen LogP contribution in [0.5, 0.6) is 5.75 Å². The molecule has 0 saturated heterocycles. The number of nitriles is 1. The molecular weight excluding hydrogens is 234 g/mol. The number of pyridine rings is 1. The Kier molecular flexibility index (Phi) is 2.89. The molecule has 1 aromatic heterocycles. The first kappa shape index (κ1) is 11.5. The molecule has 2 rings (SSSR count). The van der Waals surface area contributed by atoms with Gasteiger partial charge < -0.3 is 5.11 Å². The van der Waals surface area contributed by atoms with E-state index in [4.69, 9.17) is 5.26 Å². The second-order valence-electron chi connectivity index (χ2n) is 3.50. The summed E-state index contributed by atoms with van der Waals surface area (Å²) in [5.41, 5.74) is 1.20. The van der Waals surface area contributed by atoms with Gasteiger partial charge in [0.25, 0.3) is 5.69 Å². The smallest absolute Gasteiger partial charge is 0.269 e. The lowest BCUT2D eigenvalue weighted by Crippen LogP contribution is -1.89. The van der Waals surface area contributed by atoms with Crippen molar-refractivity contribution >= 4 is 5.69 Å². The number of nitro groups is 1. The first-order valence-corrected chi connectivity index (χ1v) is 4.96. The third kappa shape index (κ3) is 2.10. The van der Waals surface area contributed by atoms with Gasteiger partial charge in [0.1, 0.15) is 6.07 Å². The van der Waals surface area contributed by atoms with E-state index in [1.54, 1.807) is 12.1 Å². The molecule has 0 fully saturated rings. The predicted octanol–water partition coefficient (Wildman–Crippen LogP) is 2.23. The first-order chi connectivity index (χ1) is 8.61. The second-order valence-corrected chi connectivity index (χ2v) is 3.50. The third-order valence-corrected chi connectivity index (χ3v) is 2.38. The van der Waals surface area contributed by atoms with Crippen LogP contribution in [0.4, 0.5) is 5.69 Å². The standard InChI is InChI=1S/C12H7N3O3/c13-6-9-5-11(14-7-12(9)16)8-1-3-10(4-2-8)15(17)18/h1-5,7,16H. The molecule has 1 aromatic carbocycles. The van der Waals surface area contributed by atoms with E-state index in [2.05, 4.69) is 4.98 Å². The molecule has 0 amide bonds. The number of rotatable bonds is 2. The van der Waals surface area contributed by atoms with Crippen LogP contribution in [0.15, 0.2) is 36.5 Å². The Morgan fingerprint density at radius 2 is 2.00 bits per heavy atom. The number of non-ortho nitro benzene ring substituents is 1. The van der Waals surface area contributed by atoms with Gasteiger partial charge in [0.2, 0.25) is 0 Å². The highest BCUT2D eigenvalue weighted by Gasteiger charge is 2.08. The minimum Gasteiger partial charge on any atom is -0.505 e. The fraction of sp³-hybridized carbons (Fsp3) is 0. The van der Waals surface area contributed by atoms with Crippen molar-refractivity contribution in [1.82, 2.24) is 4.98 Å². The van der Waals surface area contributed by atoms with E-state index in [-0.39, 0.29) is 17.0 Å². The van der Waals surface area contributed by atoms with Gasteiger partial charge in [-0.05, 0) is 18.2 Å². The summed E-state index contributed by atoms with van der Waals surface area (Å²) in [6, 6.07) is 9.06.